The van der Waals surface area contributed by atoms with Gasteiger partial charge in [0.25, 0.3) is 5.91 Å². The molecule has 2 unspecified atom stereocenters. The van der Waals surface area contributed by atoms with Gasteiger partial charge in [0.15, 0.2) is 0 Å². The van der Waals surface area contributed by atoms with Gasteiger partial charge in [0.05, 0.1) is 0 Å². The van der Waals surface area contributed by atoms with E-state index in [4.69, 9.17) is 0 Å². The third kappa shape index (κ3) is 3.95. The normalized spacial score (nSPS) is 22.5. The van der Waals surface area contributed by atoms with E-state index in [0.29, 0.717) is 12.1 Å². The average Bonchev–Trinajstić information content (AvgIpc) is 2.32. The molecular weight excluding hydrogens is 260 g/mol. The standard InChI is InChI=1S/C15H22N2O.ClH/c1-10-5-4-6-14(12(10)3)15(18)17-13-7-8-16-11(2)9-13;/h4-6,11,13,16H,7-9H2,1-3H3,(H,17,18);1H. The molecule has 0 radical (unpaired) electrons. The Labute approximate surface area is 121 Å². The van der Waals surface area contributed by atoms with E-state index in [1.165, 1.54) is 5.56 Å². The molecule has 1 heterocycles. The summed E-state index contributed by atoms with van der Waals surface area (Å²) in [5, 5.41) is 6.55. The van der Waals surface area contributed by atoms with Gasteiger partial charge in [0.1, 0.15) is 0 Å². The predicted molar refractivity (Wildman–Crippen MR) is 81.1 cm³/mol. The fraction of sp³-hybridized carbons (Fsp3) is 0.533. The van der Waals surface area contributed by atoms with Gasteiger partial charge in [-0.1, -0.05) is 12.1 Å². The molecule has 3 nitrogen and oxygen atoms in total. The summed E-state index contributed by atoms with van der Waals surface area (Å²) in [5.74, 6) is 0.0651. The zero-order valence-corrected chi connectivity index (χ0v) is 12.6. The van der Waals surface area contributed by atoms with Gasteiger partial charge in [-0.3, -0.25) is 4.79 Å². The molecule has 106 valence electrons. The molecule has 0 spiro atoms. The summed E-state index contributed by atoms with van der Waals surface area (Å²) in [6.07, 6.45) is 2.03. The number of rotatable bonds is 2. The summed E-state index contributed by atoms with van der Waals surface area (Å²) in [5.41, 5.74) is 3.06. The molecule has 1 aliphatic rings. The van der Waals surface area contributed by atoms with Crippen LogP contribution in [0.4, 0.5) is 0 Å². The summed E-state index contributed by atoms with van der Waals surface area (Å²) >= 11 is 0. The van der Waals surface area contributed by atoms with Gasteiger partial charge in [-0.05, 0) is 57.4 Å². The number of benzene rings is 1. The Hall–Kier alpha value is -1.06. The number of halogens is 1. The largest absolute Gasteiger partial charge is 0.349 e. The Morgan fingerprint density at radius 2 is 2.11 bits per heavy atom. The fourth-order valence-corrected chi connectivity index (χ4v) is 2.52. The Balaban J connectivity index is 0.00000180. The molecule has 0 saturated carbocycles. The van der Waals surface area contributed by atoms with Gasteiger partial charge in [-0.2, -0.15) is 0 Å². The van der Waals surface area contributed by atoms with Crippen LogP contribution in [0.1, 0.15) is 41.3 Å². The summed E-state index contributed by atoms with van der Waals surface area (Å²) < 4.78 is 0. The zero-order chi connectivity index (χ0) is 13.1. The maximum atomic E-state index is 12.3. The average molecular weight is 283 g/mol. The van der Waals surface area contributed by atoms with E-state index in [-0.39, 0.29) is 18.3 Å². The summed E-state index contributed by atoms with van der Waals surface area (Å²) in [4.78, 5) is 12.3. The van der Waals surface area contributed by atoms with Crippen LogP contribution in [0.15, 0.2) is 18.2 Å². The van der Waals surface area contributed by atoms with Crippen molar-refractivity contribution in [3.8, 4) is 0 Å². The summed E-state index contributed by atoms with van der Waals surface area (Å²) in [6.45, 7) is 7.20. The first kappa shape index (κ1) is 16.0. The molecule has 2 atom stereocenters. The van der Waals surface area contributed by atoms with Gasteiger partial charge >= 0.3 is 0 Å². The predicted octanol–water partition coefficient (Wildman–Crippen LogP) is 2.60. The highest BCUT2D eigenvalue weighted by Gasteiger charge is 2.21. The minimum atomic E-state index is 0. The van der Waals surface area contributed by atoms with Crippen molar-refractivity contribution in [1.29, 1.82) is 0 Å². The van der Waals surface area contributed by atoms with Gasteiger partial charge in [-0.15, -0.1) is 12.4 Å². The third-order valence-corrected chi connectivity index (χ3v) is 3.81. The first-order chi connectivity index (χ1) is 8.58. The van der Waals surface area contributed by atoms with E-state index >= 15 is 0 Å². The van der Waals surface area contributed by atoms with E-state index in [9.17, 15) is 4.79 Å². The van der Waals surface area contributed by atoms with Crippen molar-refractivity contribution in [2.75, 3.05) is 6.54 Å². The molecular formula is C15H23ClN2O. The zero-order valence-electron chi connectivity index (χ0n) is 11.8. The molecule has 4 heteroatoms. The van der Waals surface area contributed by atoms with Crippen molar-refractivity contribution < 1.29 is 4.79 Å². The van der Waals surface area contributed by atoms with Crippen molar-refractivity contribution in [1.82, 2.24) is 10.6 Å². The Kier molecular flexibility index (Phi) is 5.83. The minimum absolute atomic E-state index is 0. The second-order valence-corrected chi connectivity index (χ2v) is 5.30. The van der Waals surface area contributed by atoms with Gasteiger partial charge in [0, 0.05) is 17.6 Å². The highest BCUT2D eigenvalue weighted by Crippen LogP contribution is 2.14. The first-order valence-corrected chi connectivity index (χ1v) is 6.68. The van der Waals surface area contributed by atoms with E-state index in [1.807, 2.05) is 32.0 Å². The van der Waals surface area contributed by atoms with Crippen LogP contribution in [0, 0.1) is 13.8 Å². The molecule has 1 aromatic rings. The molecule has 1 aliphatic heterocycles. The molecule has 0 aliphatic carbocycles. The second-order valence-electron chi connectivity index (χ2n) is 5.30. The number of nitrogens with one attached hydrogen (secondary N) is 2. The van der Waals surface area contributed by atoms with Crippen LogP contribution in [0.25, 0.3) is 0 Å². The Morgan fingerprint density at radius 1 is 1.37 bits per heavy atom. The maximum Gasteiger partial charge on any atom is 0.251 e. The van der Waals surface area contributed by atoms with Crippen LogP contribution in [0.2, 0.25) is 0 Å². The number of carbonyl (C=O) groups excluding carboxylic acids is 1. The molecule has 2 rings (SSSR count). The molecule has 1 aromatic carbocycles. The van der Waals surface area contributed by atoms with Gasteiger partial charge in [-0.25, -0.2) is 0 Å². The lowest BCUT2D eigenvalue weighted by molar-refractivity contribution is 0.0925. The van der Waals surface area contributed by atoms with Crippen molar-refractivity contribution >= 4 is 18.3 Å². The number of amides is 1. The highest BCUT2D eigenvalue weighted by molar-refractivity contribution is 5.96. The lowest BCUT2D eigenvalue weighted by Gasteiger charge is -2.28. The fourth-order valence-electron chi connectivity index (χ4n) is 2.52. The molecule has 1 amide bonds. The lowest BCUT2D eigenvalue weighted by atomic mass is 9.98. The maximum absolute atomic E-state index is 12.3. The SMILES string of the molecule is Cc1cccc(C(=O)NC2CCNC(C)C2)c1C.Cl. The van der Waals surface area contributed by atoms with Crippen molar-refractivity contribution in [2.24, 2.45) is 0 Å². The third-order valence-electron chi connectivity index (χ3n) is 3.81. The minimum Gasteiger partial charge on any atom is -0.349 e. The van der Waals surface area contributed by atoms with E-state index < -0.39 is 0 Å². The number of piperidine rings is 1. The van der Waals surface area contributed by atoms with Gasteiger partial charge < -0.3 is 10.6 Å². The van der Waals surface area contributed by atoms with E-state index in [2.05, 4.69) is 17.6 Å². The molecule has 2 N–H and O–H groups in total. The number of hydrogen-bond donors (Lipinski definition) is 2. The molecule has 0 aromatic heterocycles. The van der Waals surface area contributed by atoms with Crippen molar-refractivity contribution in [2.45, 2.75) is 45.7 Å². The molecule has 0 bridgehead atoms. The Bertz CT molecular complexity index is 448. The van der Waals surface area contributed by atoms with Crippen LogP contribution < -0.4 is 10.6 Å². The van der Waals surface area contributed by atoms with Crippen LogP contribution in [-0.2, 0) is 0 Å². The number of hydrogen-bond acceptors (Lipinski definition) is 2. The lowest BCUT2D eigenvalue weighted by Crippen LogP contribution is -2.46. The van der Waals surface area contributed by atoms with Crippen LogP contribution in [0.3, 0.4) is 0 Å². The number of carbonyl (C=O) groups is 1. The second kappa shape index (κ2) is 6.92. The Morgan fingerprint density at radius 3 is 2.79 bits per heavy atom. The molecule has 19 heavy (non-hydrogen) atoms. The van der Waals surface area contributed by atoms with Crippen molar-refractivity contribution in [3.63, 3.8) is 0 Å². The summed E-state index contributed by atoms with van der Waals surface area (Å²) in [6, 6.07) is 6.68. The first-order valence-electron chi connectivity index (χ1n) is 6.68. The van der Waals surface area contributed by atoms with Crippen molar-refractivity contribution in [3.05, 3.63) is 34.9 Å². The van der Waals surface area contributed by atoms with Gasteiger partial charge in [0.2, 0.25) is 0 Å². The highest BCUT2D eigenvalue weighted by atomic mass is 35.5. The van der Waals surface area contributed by atoms with E-state index in [0.717, 1.165) is 30.5 Å². The quantitative estimate of drug-likeness (QED) is 0.875. The van der Waals surface area contributed by atoms with Crippen LogP contribution in [-0.4, -0.2) is 24.5 Å². The molecule has 1 saturated heterocycles. The number of aryl methyl sites for hydroxylation is 1. The summed E-state index contributed by atoms with van der Waals surface area (Å²) in [7, 11) is 0. The topological polar surface area (TPSA) is 41.1 Å². The molecule has 1 fully saturated rings. The van der Waals surface area contributed by atoms with E-state index in [1.54, 1.807) is 0 Å². The van der Waals surface area contributed by atoms with Crippen LogP contribution in [0.5, 0.6) is 0 Å². The van der Waals surface area contributed by atoms with Crippen LogP contribution >= 0.6 is 12.4 Å². The smallest absolute Gasteiger partial charge is 0.251 e. The monoisotopic (exact) mass is 282 g/mol.